The van der Waals surface area contributed by atoms with Crippen molar-refractivity contribution in [2.24, 2.45) is 5.73 Å². The summed E-state index contributed by atoms with van der Waals surface area (Å²) >= 11 is 0. The lowest BCUT2D eigenvalue weighted by molar-refractivity contribution is -0.117. The summed E-state index contributed by atoms with van der Waals surface area (Å²) in [4.78, 5) is 13.8. The van der Waals surface area contributed by atoms with E-state index in [1.165, 1.54) is 11.1 Å². The van der Waals surface area contributed by atoms with Crippen LogP contribution in [0, 0.1) is 13.8 Å². The average Bonchev–Trinajstić information content (AvgIpc) is 2.31. The van der Waals surface area contributed by atoms with Crippen LogP contribution < -0.4 is 11.1 Å². The molecule has 0 aromatic heterocycles. The topological polar surface area (TPSA) is 58.4 Å². The van der Waals surface area contributed by atoms with Crippen molar-refractivity contribution >= 4 is 11.6 Å². The second-order valence-electron chi connectivity index (χ2n) is 4.73. The number of nitrogens with two attached hydrogens (primary N) is 1. The highest BCUT2D eigenvalue weighted by Gasteiger charge is 2.06. The molecular formula is C14H23N3O. The Kier molecular flexibility index (Phi) is 5.82. The Bertz CT molecular complexity index is 404. The molecule has 0 unspecified atom stereocenters. The second kappa shape index (κ2) is 7.13. The Morgan fingerprint density at radius 3 is 2.67 bits per heavy atom. The number of nitrogens with one attached hydrogen (secondary N) is 1. The van der Waals surface area contributed by atoms with E-state index in [1.54, 1.807) is 0 Å². The minimum atomic E-state index is 0.0118. The predicted molar refractivity (Wildman–Crippen MR) is 75.7 cm³/mol. The van der Waals surface area contributed by atoms with Gasteiger partial charge in [0.15, 0.2) is 0 Å². The quantitative estimate of drug-likeness (QED) is 0.803. The number of nitrogens with zero attached hydrogens (tertiary/aromatic N) is 1. The maximum absolute atomic E-state index is 11.8. The number of aryl methyl sites for hydroxylation is 2. The Hall–Kier alpha value is -1.39. The molecule has 0 fully saturated rings. The number of hydrogen-bond acceptors (Lipinski definition) is 3. The van der Waals surface area contributed by atoms with E-state index in [-0.39, 0.29) is 5.91 Å². The van der Waals surface area contributed by atoms with Crippen molar-refractivity contribution in [1.29, 1.82) is 0 Å². The monoisotopic (exact) mass is 249 g/mol. The van der Waals surface area contributed by atoms with Crippen LogP contribution in [0.15, 0.2) is 18.2 Å². The van der Waals surface area contributed by atoms with E-state index in [9.17, 15) is 4.79 Å². The first-order valence-electron chi connectivity index (χ1n) is 6.28. The SMILES string of the molecule is Cc1ccc(NC(=O)CN(C)CCCN)cc1C. The zero-order valence-corrected chi connectivity index (χ0v) is 11.5. The molecule has 1 aromatic rings. The molecule has 1 amide bonds. The second-order valence-corrected chi connectivity index (χ2v) is 4.73. The highest BCUT2D eigenvalue weighted by molar-refractivity contribution is 5.92. The smallest absolute Gasteiger partial charge is 0.238 e. The zero-order chi connectivity index (χ0) is 13.5. The van der Waals surface area contributed by atoms with Crippen molar-refractivity contribution in [3.8, 4) is 0 Å². The maximum atomic E-state index is 11.8. The van der Waals surface area contributed by atoms with Crippen LogP contribution in [-0.4, -0.2) is 37.5 Å². The minimum absolute atomic E-state index is 0.0118. The Morgan fingerprint density at radius 1 is 1.33 bits per heavy atom. The van der Waals surface area contributed by atoms with Gasteiger partial charge in [0.1, 0.15) is 0 Å². The molecule has 0 atom stereocenters. The molecule has 1 aromatic carbocycles. The van der Waals surface area contributed by atoms with E-state index in [0.717, 1.165) is 18.7 Å². The number of benzene rings is 1. The van der Waals surface area contributed by atoms with Crippen LogP contribution >= 0.6 is 0 Å². The number of anilines is 1. The first-order valence-corrected chi connectivity index (χ1v) is 6.28. The third-order valence-electron chi connectivity index (χ3n) is 2.95. The van der Waals surface area contributed by atoms with Gasteiger partial charge in [0.05, 0.1) is 6.54 Å². The lowest BCUT2D eigenvalue weighted by atomic mass is 10.1. The molecule has 3 N–H and O–H groups in total. The van der Waals surface area contributed by atoms with Crippen molar-refractivity contribution in [1.82, 2.24) is 4.90 Å². The summed E-state index contributed by atoms with van der Waals surface area (Å²) in [5.74, 6) is 0.0118. The van der Waals surface area contributed by atoms with Gasteiger partial charge in [-0.2, -0.15) is 0 Å². The Morgan fingerprint density at radius 2 is 2.06 bits per heavy atom. The van der Waals surface area contributed by atoms with E-state index in [0.29, 0.717) is 13.1 Å². The summed E-state index contributed by atoms with van der Waals surface area (Å²) < 4.78 is 0. The predicted octanol–water partition coefficient (Wildman–Crippen LogP) is 1.52. The number of carbonyl (C=O) groups excluding carboxylic acids is 1. The standard InChI is InChI=1S/C14H23N3O/c1-11-5-6-13(9-12(11)2)16-14(18)10-17(3)8-4-7-15/h5-6,9H,4,7-8,10,15H2,1-3H3,(H,16,18). The number of amides is 1. The van der Waals surface area contributed by atoms with Crippen LogP contribution in [0.4, 0.5) is 5.69 Å². The molecule has 0 bridgehead atoms. The molecule has 0 radical (unpaired) electrons. The molecule has 4 heteroatoms. The molecule has 100 valence electrons. The van der Waals surface area contributed by atoms with Crippen molar-refractivity contribution in [2.75, 3.05) is 32.0 Å². The Labute approximate surface area is 109 Å². The van der Waals surface area contributed by atoms with E-state index in [4.69, 9.17) is 5.73 Å². The van der Waals surface area contributed by atoms with Gasteiger partial charge >= 0.3 is 0 Å². The number of hydrogen-bond donors (Lipinski definition) is 2. The van der Waals surface area contributed by atoms with Crippen molar-refractivity contribution < 1.29 is 4.79 Å². The van der Waals surface area contributed by atoms with Gasteiger partial charge in [-0.3, -0.25) is 9.69 Å². The fourth-order valence-electron chi connectivity index (χ4n) is 1.71. The molecule has 0 heterocycles. The molecule has 4 nitrogen and oxygen atoms in total. The fraction of sp³-hybridized carbons (Fsp3) is 0.500. The van der Waals surface area contributed by atoms with Crippen LogP contribution in [0.3, 0.4) is 0 Å². The number of rotatable bonds is 6. The first kappa shape index (κ1) is 14.7. The largest absolute Gasteiger partial charge is 0.330 e. The summed E-state index contributed by atoms with van der Waals surface area (Å²) in [7, 11) is 1.93. The summed E-state index contributed by atoms with van der Waals surface area (Å²) in [6, 6.07) is 5.94. The average molecular weight is 249 g/mol. The van der Waals surface area contributed by atoms with Gasteiger partial charge in [-0.25, -0.2) is 0 Å². The number of carbonyl (C=O) groups is 1. The molecule has 0 aliphatic heterocycles. The van der Waals surface area contributed by atoms with Crippen molar-refractivity contribution in [2.45, 2.75) is 20.3 Å². The maximum Gasteiger partial charge on any atom is 0.238 e. The fourth-order valence-corrected chi connectivity index (χ4v) is 1.71. The minimum Gasteiger partial charge on any atom is -0.330 e. The molecule has 0 aliphatic rings. The summed E-state index contributed by atoms with van der Waals surface area (Å²) in [5.41, 5.74) is 8.71. The highest BCUT2D eigenvalue weighted by Crippen LogP contribution is 2.13. The first-order chi connectivity index (χ1) is 8.52. The Balaban J connectivity index is 2.46. The molecule has 0 spiro atoms. The van der Waals surface area contributed by atoms with Gasteiger partial charge < -0.3 is 11.1 Å². The number of likely N-dealkylation sites (N-methyl/N-ethyl adjacent to an activating group) is 1. The van der Waals surface area contributed by atoms with E-state index >= 15 is 0 Å². The zero-order valence-electron chi connectivity index (χ0n) is 11.5. The molecular weight excluding hydrogens is 226 g/mol. The van der Waals surface area contributed by atoms with E-state index in [2.05, 4.69) is 12.2 Å². The van der Waals surface area contributed by atoms with Crippen LogP contribution in [0.2, 0.25) is 0 Å². The third-order valence-corrected chi connectivity index (χ3v) is 2.95. The van der Waals surface area contributed by atoms with Gasteiger partial charge in [-0.05, 0) is 63.7 Å². The van der Waals surface area contributed by atoms with Crippen LogP contribution in [0.1, 0.15) is 17.5 Å². The molecule has 0 saturated carbocycles. The lowest BCUT2D eigenvalue weighted by Crippen LogP contribution is -2.31. The van der Waals surface area contributed by atoms with Crippen LogP contribution in [-0.2, 0) is 4.79 Å². The van der Waals surface area contributed by atoms with Gasteiger partial charge in [0.25, 0.3) is 0 Å². The van der Waals surface area contributed by atoms with Crippen LogP contribution in [0.5, 0.6) is 0 Å². The lowest BCUT2D eigenvalue weighted by Gasteiger charge is -2.15. The van der Waals surface area contributed by atoms with Gasteiger partial charge in [-0.15, -0.1) is 0 Å². The van der Waals surface area contributed by atoms with Gasteiger partial charge in [0.2, 0.25) is 5.91 Å². The summed E-state index contributed by atoms with van der Waals surface area (Å²) in [5, 5.41) is 2.91. The van der Waals surface area contributed by atoms with Crippen molar-refractivity contribution in [3.05, 3.63) is 29.3 Å². The van der Waals surface area contributed by atoms with E-state index < -0.39 is 0 Å². The molecule has 18 heavy (non-hydrogen) atoms. The molecule has 1 rings (SSSR count). The molecule has 0 aliphatic carbocycles. The highest BCUT2D eigenvalue weighted by atomic mass is 16.2. The normalized spacial score (nSPS) is 10.7. The van der Waals surface area contributed by atoms with E-state index in [1.807, 2.05) is 37.1 Å². The summed E-state index contributed by atoms with van der Waals surface area (Å²) in [6.07, 6.45) is 0.910. The van der Waals surface area contributed by atoms with Gasteiger partial charge in [-0.1, -0.05) is 6.07 Å². The summed E-state index contributed by atoms with van der Waals surface area (Å²) in [6.45, 7) is 5.99. The molecule has 0 saturated heterocycles. The third kappa shape index (κ3) is 4.85. The van der Waals surface area contributed by atoms with Crippen LogP contribution in [0.25, 0.3) is 0 Å². The van der Waals surface area contributed by atoms with Gasteiger partial charge in [0, 0.05) is 5.69 Å². The van der Waals surface area contributed by atoms with Crippen molar-refractivity contribution in [3.63, 3.8) is 0 Å².